The molecule has 0 fully saturated rings. The van der Waals surface area contributed by atoms with Gasteiger partial charge in [-0.15, -0.1) is 6.58 Å². The first kappa shape index (κ1) is 15.1. The van der Waals surface area contributed by atoms with Crippen molar-refractivity contribution >= 4 is 5.91 Å². The van der Waals surface area contributed by atoms with Crippen LogP contribution < -0.4 is 11.1 Å². The monoisotopic (exact) mass is 228 g/mol. The third kappa shape index (κ3) is 7.43. The van der Waals surface area contributed by atoms with Gasteiger partial charge in [0.05, 0.1) is 12.1 Å². The zero-order valence-electron chi connectivity index (χ0n) is 10.5. The highest BCUT2D eigenvalue weighted by molar-refractivity contribution is 5.81. The van der Waals surface area contributed by atoms with Crippen LogP contribution >= 0.6 is 0 Å². The molecule has 0 radical (unpaired) electrons. The summed E-state index contributed by atoms with van der Waals surface area (Å²) in [5, 5.41) is 12.3. The van der Waals surface area contributed by atoms with Gasteiger partial charge in [-0.25, -0.2) is 0 Å². The normalized spacial score (nSPS) is 15.3. The van der Waals surface area contributed by atoms with Crippen molar-refractivity contribution in [3.8, 4) is 0 Å². The first-order valence-electron chi connectivity index (χ1n) is 5.58. The third-order valence-corrected chi connectivity index (χ3v) is 2.12. The van der Waals surface area contributed by atoms with Crippen LogP contribution in [0.25, 0.3) is 0 Å². The summed E-state index contributed by atoms with van der Waals surface area (Å²) in [6.45, 7) is 9.90. The van der Waals surface area contributed by atoms with Gasteiger partial charge in [-0.05, 0) is 18.3 Å². The van der Waals surface area contributed by atoms with Crippen molar-refractivity contribution in [1.29, 1.82) is 0 Å². The molecule has 0 rings (SSSR count). The molecule has 16 heavy (non-hydrogen) atoms. The molecule has 94 valence electrons. The van der Waals surface area contributed by atoms with Crippen LogP contribution in [0.3, 0.4) is 0 Å². The summed E-state index contributed by atoms with van der Waals surface area (Å²) < 4.78 is 0. The molecule has 4 N–H and O–H groups in total. The number of carbonyl (C=O) groups is 1. The molecule has 4 nitrogen and oxygen atoms in total. The maximum Gasteiger partial charge on any atom is 0.237 e. The quantitative estimate of drug-likeness (QED) is 0.589. The summed E-state index contributed by atoms with van der Waals surface area (Å²) in [4.78, 5) is 11.4. The standard InChI is InChI=1S/C12H24N2O2/c1-5-6-10(13)11(16)14-8-9(15)7-12(2,3)4/h5,9-10,15H,1,6-8,13H2,2-4H3,(H,14,16). The Morgan fingerprint density at radius 3 is 2.56 bits per heavy atom. The number of nitrogens with one attached hydrogen (secondary N) is 1. The van der Waals surface area contributed by atoms with E-state index >= 15 is 0 Å². The highest BCUT2D eigenvalue weighted by Gasteiger charge is 2.18. The van der Waals surface area contributed by atoms with E-state index in [1.54, 1.807) is 6.08 Å². The molecule has 0 aromatic heterocycles. The fraction of sp³-hybridized carbons (Fsp3) is 0.750. The summed E-state index contributed by atoms with van der Waals surface area (Å²) >= 11 is 0. The average Bonchev–Trinajstić information content (AvgIpc) is 2.11. The Morgan fingerprint density at radius 2 is 2.12 bits per heavy atom. The van der Waals surface area contributed by atoms with Gasteiger partial charge in [0.15, 0.2) is 0 Å². The van der Waals surface area contributed by atoms with Crippen molar-refractivity contribution in [3.63, 3.8) is 0 Å². The first-order valence-corrected chi connectivity index (χ1v) is 5.58. The SMILES string of the molecule is C=CCC(N)C(=O)NCC(O)CC(C)(C)C. The van der Waals surface area contributed by atoms with Gasteiger partial charge in [0.1, 0.15) is 0 Å². The molecular formula is C12H24N2O2. The van der Waals surface area contributed by atoms with E-state index < -0.39 is 12.1 Å². The molecule has 2 unspecified atom stereocenters. The fourth-order valence-electron chi connectivity index (χ4n) is 1.42. The first-order chi connectivity index (χ1) is 7.26. The molecule has 0 bridgehead atoms. The van der Waals surface area contributed by atoms with Crippen molar-refractivity contribution < 1.29 is 9.90 Å². The molecule has 1 amide bonds. The number of amides is 1. The third-order valence-electron chi connectivity index (χ3n) is 2.12. The molecular weight excluding hydrogens is 204 g/mol. The van der Waals surface area contributed by atoms with E-state index in [-0.39, 0.29) is 17.9 Å². The minimum absolute atomic E-state index is 0.0490. The van der Waals surface area contributed by atoms with Crippen molar-refractivity contribution in [3.05, 3.63) is 12.7 Å². The van der Waals surface area contributed by atoms with E-state index in [2.05, 4.69) is 11.9 Å². The molecule has 0 heterocycles. The number of hydrogen-bond acceptors (Lipinski definition) is 3. The number of hydrogen-bond donors (Lipinski definition) is 3. The Balaban J connectivity index is 3.87. The molecule has 0 aromatic carbocycles. The fourth-order valence-corrected chi connectivity index (χ4v) is 1.42. The minimum atomic E-state index is -0.570. The second kappa shape index (κ2) is 6.66. The van der Waals surface area contributed by atoms with Crippen molar-refractivity contribution in [2.24, 2.45) is 11.1 Å². The lowest BCUT2D eigenvalue weighted by Crippen LogP contribution is -2.43. The van der Waals surface area contributed by atoms with E-state index in [4.69, 9.17) is 5.73 Å². The van der Waals surface area contributed by atoms with Gasteiger partial charge in [0.25, 0.3) is 0 Å². The zero-order chi connectivity index (χ0) is 12.8. The smallest absolute Gasteiger partial charge is 0.237 e. The zero-order valence-corrected chi connectivity index (χ0v) is 10.5. The van der Waals surface area contributed by atoms with Gasteiger partial charge in [0, 0.05) is 6.54 Å². The van der Waals surface area contributed by atoms with Crippen molar-refractivity contribution in [2.45, 2.75) is 45.8 Å². The van der Waals surface area contributed by atoms with E-state index in [0.29, 0.717) is 12.8 Å². The predicted molar refractivity (Wildman–Crippen MR) is 65.9 cm³/mol. The lowest BCUT2D eigenvalue weighted by molar-refractivity contribution is -0.122. The number of rotatable bonds is 6. The topological polar surface area (TPSA) is 75.4 Å². The Labute approximate surface area is 97.9 Å². The molecule has 4 heteroatoms. The molecule has 0 aliphatic heterocycles. The van der Waals surface area contributed by atoms with E-state index in [0.717, 1.165) is 0 Å². The Morgan fingerprint density at radius 1 is 1.56 bits per heavy atom. The van der Waals surface area contributed by atoms with Gasteiger partial charge < -0.3 is 16.2 Å². The van der Waals surface area contributed by atoms with Gasteiger partial charge in [-0.2, -0.15) is 0 Å². The van der Waals surface area contributed by atoms with Crippen LogP contribution in [0.1, 0.15) is 33.6 Å². The molecule has 0 spiro atoms. The van der Waals surface area contributed by atoms with Crippen LogP contribution in [-0.2, 0) is 4.79 Å². The van der Waals surface area contributed by atoms with E-state index in [9.17, 15) is 9.90 Å². The van der Waals surface area contributed by atoms with E-state index in [1.807, 2.05) is 20.8 Å². The van der Waals surface area contributed by atoms with Crippen LogP contribution in [0.2, 0.25) is 0 Å². The van der Waals surface area contributed by atoms with Gasteiger partial charge in [-0.1, -0.05) is 26.8 Å². The number of carbonyl (C=O) groups excluding carboxylic acids is 1. The molecule has 0 aromatic rings. The average molecular weight is 228 g/mol. The molecule has 2 atom stereocenters. The Hall–Kier alpha value is -0.870. The Bertz CT molecular complexity index is 234. The summed E-state index contributed by atoms with van der Waals surface area (Å²) in [5.41, 5.74) is 5.63. The number of aliphatic hydroxyl groups excluding tert-OH is 1. The number of aliphatic hydroxyl groups is 1. The van der Waals surface area contributed by atoms with Crippen LogP contribution in [0.4, 0.5) is 0 Å². The summed E-state index contributed by atoms with van der Waals surface area (Å²) in [7, 11) is 0. The van der Waals surface area contributed by atoms with Crippen molar-refractivity contribution in [1.82, 2.24) is 5.32 Å². The highest BCUT2D eigenvalue weighted by Crippen LogP contribution is 2.20. The molecule has 0 saturated heterocycles. The van der Waals surface area contributed by atoms with Crippen LogP contribution in [0, 0.1) is 5.41 Å². The molecule has 0 aliphatic rings. The minimum Gasteiger partial charge on any atom is -0.391 e. The maximum atomic E-state index is 11.4. The van der Waals surface area contributed by atoms with Gasteiger partial charge in [-0.3, -0.25) is 4.79 Å². The lowest BCUT2D eigenvalue weighted by atomic mass is 9.89. The van der Waals surface area contributed by atoms with Crippen LogP contribution in [0.5, 0.6) is 0 Å². The largest absolute Gasteiger partial charge is 0.391 e. The summed E-state index contributed by atoms with van der Waals surface area (Å²) in [6.07, 6.45) is 2.17. The lowest BCUT2D eigenvalue weighted by Gasteiger charge is -2.22. The summed E-state index contributed by atoms with van der Waals surface area (Å²) in [5.74, 6) is -0.243. The second-order valence-electron chi connectivity index (χ2n) is 5.29. The molecule has 0 aliphatic carbocycles. The second-order valence-corrected chi connectivity index (χ2v) is 5.29. The number of nitrogens with two attached hydrogens (primary N) is 1. The maximum absolute atomic E-state index is 11.4. The highest BCUT2D eigenvalue weighted by atomic mass is 16.3. The Kier molecular flexibility index (Phi) is 6.29. The summed E-state index contributed by atoms with van der Waals surface area (Å²) in [6, 6.07) is -0.570. The van der Waals surface area contributed by atoms with Crippen LogP contribution in [0.15, 0.2) is 12.7 Å². The molecule has 0 saturated carbocycles. The van der Waals surface area contributed by atoms with Gasteiger partial charge >= 0.3 is 0 Å². The predicted octanol–water partition coefficient (Wildman–Crippen LogP) is 0.803. The van der Waals surface area contributed by atoms with Gasteiger partial charge in [0.2, 0.25) is 5.91 Å². The van der Waals surface area contributed by atoms with Crippen LogP contribution in [-0.4, -0.2) is 29.7 Å². The van der Waals surface area contributed by atoms with Crippen molar-refractivity contribution in [2.75, 3.05) is 6.54 Å². The van der Waals surface area contributed by atoms with E-state index in [1.165, 1.54) is 0 Å².